The molecule has 0 unspecified atom stereocenters. The molecule has 4 rings (SSSR count). The van der Waals surface area contributed by atoms with Gasteiger partial charge in [-0.25, -0.2) is 4.79 Å². The summed E-state index contributed by atoms with van der Waals surface area (Å²) < 4.78 is 11.1. The van der Waals surface area contributed by atoms with E-state index in [0.29, 0.717) is 6.61 Å². The second-order valence-corrected chi connectivity index (χ2v) is 8.53. The van der Waals surface area contributed by atoms with Gasteiger partial charge >= 0.3 is 5.97 Å². The average Bonchev–Trinajstić information content (AvgIpc) is 2.83. The summed E-state index contributed by atoms with van der Waals surface area (Å²) in [4.78, 5) is 25.3. The van der Waals surface area contributed by atoms with Crippen LogP contribution in [-0.4, -0.2) is 18.5 Å². The van der Waals surface area contributed by atoms with E-state index in [0.717, 1.165) is 39.4 Å². The van der Waals surface area contributed by atoms with Gasteiger partial charge in [0.15, 0.2) is 0 Å². The fourth-order valence-electron chi connectivity index (χ4n) is 4.31. The molecule has 34 heavy (non-hydrogen) atoms. The lowest BCUT2D eigenvalue weighted by Crippen LogP contribution is -2.20. The number of hydrogen-bond donors (Lipinski definition) is 1. The van der Waals surface area contributed by atoms with Crippen LogP contribution in [-0.2, 0) is 14.3 Å². The lowest BCUT2D eigenvalue weighted by Gasteiger charge is -2.28. The Morgan fingerprint density at radius 3 is 2.24 bits per heavy atom. The van der Waals surface area contributed by atoms with Gasteiger partial charge in [-0.05, 0) is 42.2 Å². The first-order valence-electron chi connectivity index (χ1n) is 11.6. The highest BCUT2D eigenvalue weighted by atomic mass is 16.5. The molecule has 1 amide bonds. The van der Waals surface area contributed by atoms with Crippen molar-refractivity contribution in [2.45, 2.75) is 39.0 Å². The van der Waals surface area contributed by atoms with Crippen LogP contribution in [0.25, 0.3) is 6.08 Å². The summed E-state index contributed by atoms with van der Waals surface area (Å²) >= 11 is 0. The molecule has 0 aliphatic carbocycles. The van der Waals surface area contributed by atoms with E-state index >= 15 is 0 Å². The minimum absolute atomic E-state index is 0.101. The number of ether oxygens (including phenoxy) is 2. The van der Waals surface area contributed by atoms with Crippen molar-refractivity contribution in [2.24, 2.45) is 0 Å². The van der Waals surface area contributed by atoms with Crippen LogP contribution in [0.5, 0.6) is 11.5 Å². The second-order valence-electron chi connectivity index (χ2n) is 8.53. The van der Waals surface area contributed by atoms with Crippen molar-refractivity contribution in [3.05, 3.63) is 95.1 Å². The molecule has 0 aromatic heterocycles. The van der Waals surface area contributed by atoms with E-state index in [1.807, 2.05) is 66.7 Å². The van der Waals surface area contributed by atoms with Crippen molar-refractivity contribution < 1.29 is 19.1 Å². The van der Waals surface area contributed by atoms with Crippen molar-refractivity contribution in [2.75, 3.05) is 11.9 Å². The zero-order chi connectivity index (χ0) is 24.1. The van der Waals surface area contributed by atoms with E-state index in [4.69, 9.17) is 9.47 Å². The number of nitrogens with one attached hydrogen (secondary N) is 1. The lowest BCUT2D eigenvalue weighted by atomic mass is 9.85. The number of amides is 1. The van der Waals surface area contributed by atoms with Crippen molar-refractivity contribution >= 4 is 23.6 Å². The number of rotatable bonds is 7. The Kier molecular flexibility index (Phi) is 7.12. The predicted molar refractivity (Wildman–Crippen MR) is 134 cm³/mol. The molecule has 0 saturated heterocycles. The molecule has 1 N–H and O–H groups in total. The molecule has 0 bridgehead atoms. The van der Waals surface area contributed by atoms with Gasteiger partial charge in [-0.2, -0.15) is 0 Å². The monoisotopic (exact) mass is 455 g/mol. The number of carbonyl (C=O) groups excluding carboxylic acids is 2. The normalized spacial score (nSPS) is 12.7. The van der Waals surface area contributed by atoms with Crippen molar-refractivity contribution in [3.8, 4) is 11.5 Å². The highest BCUT2D eigenvalue weighted by Gasteiger charge is 2.29. The van der Waals surface area contributed by atoms with E-state index in [9.17, 15) is 9.59 Å². The largest absolute Gasteiger partial charge is 0.463 e. The molecule has 0 fully saturated rings. The molecule has 1 heterocycles. The van der Waals surface area contributed by atoms with E-state index in [2.05, 4.69) is 19.2 Å². The Labute approximate surface area is 200 Å². The molecule has 0 saturated carbocycles. The summed E-state index contributed by atoms with van der Waals surface area (Å²) in [6, 6.07) is 21.5. The highest BCUT2D eigenvalue weighted by Crippen LogP contribution is 2.45. The molecule has 174 valence electrons. The summed E-state index contributed by atoms with van der Waals surface area (Å²) in [5, 5.41) is 3.14. The minimum Gasteiger partial charge on any atom is -0.463 e. The number of para-hydroxylation sites is 3. The van der Waals surface area contributed by atoms with Crippen LogP contribution in [0.4, 0.5) is 5.69 Å². The third kappa shape index (κ3) is 5.04. The van der Waals surface area contributed by atoms with Gasteiger partial charge in [-0.1, -0.05) is 68.4 Å². The molecule has 3 aromatic carbocycles. The molecule has 0 radical (unpaired) electrons. The predicted octanol–water partition coefficient (Wildman–Crippen LogP) is 6.65. The first kappa shape index (κ1) is 23.3. The minimum atomic E-state index is -0.412. The van der Waals surface area contributed by atoms with Gasteiger partial charge in [-0.3, -0.25) is 4.79 Å². The molecule has 1 aliphatic rings. The van der Waals surface area contributed by atoms with Crippen LogP contribution in [0.3, 0.4) is 0 Å². The number of esters is 1. The lowest BCUT2D eigenvalue weighted by molar-refractivity contribution is -0.137. The van der Waals surface area contributed by atoms with Crippen LogP contribution in [0.1, 0.15) is 61.3 Å². The quantitative estimate of drug-likeness (QED) is 0.320. The van der Waals surface area contributed by atoms with Gasteiger partial charge in [0.2, 0.25) is 5.91 Å². The van der Waals surface area contributed by atoms with Crippen LogP contribution in [0.2, 0.25) is 0 Å². The maximum Gasteiger partial charge on any atom is 0.330 e. The van der Waals surface area contributed by atoms with Crippen LogP contribution in [0.15, 0.2) is 72.8 Å². The first-order valence-corrected chi connectivity index (χ1v) is 11.6. The maximum atomic E-state index is 13.4. The number of anilines is 1. The molecule has 0 spiro atoms. The van der Waals surface area contributed by atoms with Gasteiger partial charge in [0.25, 0.3) is 0 Å². The van der Waals surface area contributed by atoms with Gasteiger partial charge in [0, 0.05) is 29.5 Å². The van der Waals surface area contributed by atoms with Gasteiger partial charge in [0.1, 0.15) is 11.5 Å². The van der Waals surface area contributed by atoms with Crippen LogP contribution in [0, 0.1) is 0 Å². The van der Waals surface area contributed by atoms with E-state index in [-0.39, 0.29) is 24.2 Å². The average molecular weight is 456 g/mol. The highest BCUT2D eigenvalue weighted by molar-refractivity contribution is 5.96. The third-order valence-corrected chi connectivity index (χ3v) is 5.90. The van der Waals surface area contributed by atoms with Crippen molar-refractivity contribution in [1.29, 1.82) is 0 Å². The summed E-state index contributed by atoms with van der Waals surface area (Å²) in [7, 11) is 0. The first-order chi connectivity index (χ1) is 16.5. The van der Waals surface area contributed by atoms with E-state index in [1.165, 1.54) is 6.08 Å². The third-order valence-electron chi connectivity index (χ3n) is 5.90. The van der Waals surface area contributed by atoms with E-state index < -0.39 is 5.97 Å². The van der Waals surface area contributed by atoms with Gasteiger partial charge < -0.3 is 14.8 Å². The molecule has 5 nitrogen and oxygen atoms in total. The molecule has 3 aromatic rings. The van der Waals surface area contributed by atoms with Gasteiger partial charge in [-0.15, -0.1) is 0 Å². The number of benzene rings is 3. The zero-order valence-electron chi connectivity index (χ0n) is 19.7. The molecule has 5 heteroatoms. The number of hydrogen-bond acceptors (Lipinski definition) is 4. The smallest absolute Gasteiger partial charge is 0.330 e. The summed E-state index contributed by atoms with van der Waals surface area (Å²) in [5.41, 5.74) is 4.48. The van der Waals surface area contributed by atoms with Crippen LogP contribution >= 0.6 is 0 Å². The zero-order valence-corrected chi connectivity index (χ0v) is 19.7. The van der Waals surface area contributed by atoms with Crippen molar-refractivity contribution in [3.63, 3.8) is 0 Å². The Bertz CT molecular complexity index is 1180. The standard InChI is InChI=1S/C29H29NO4/c1-4-33-28(32)17-16-20-10-9-13-21(19(2)3)29(20)30-27(31)18-24-22-11-5-7-14-25(22)34-26-15-8-6-12-23(24)26/h5-17,19,24H,4,18H2,1-3H3,(H,30,31)/b17-16+. The molecular weight excluding hydrogens is 426 g/mol. The molecule has 1 aliphatic heterocycles. The van der Waals surface area contributed by atoms with Crippen molar-refractivity contribution in [1.82, 2.24) is 0 Å². The van der Waals surface area contributed by atoms with Crippen LogP contribution < -0.4 is 10.1 Å². The Morgan fingerprint density at radius 1 is 0.971 bits per heavy atom. The Hall–Kier alpha value is -3.86. The fraction of sp³-hybridized carbons (Fsp3) is 0.241. The summed E-state index contributed by atoms with van der Waals surface area (Å²) in [6.45, 7) is 6.24. The maximum absolute atomic E-state index is 13.4. The number of carbonyl (C=O) groups is 2. The van der Waals surface area contributed by atoms with E-state index in [1.54, 1.807) is 13.0 Å². The Balaban J connectivity index is 1.64. The molecular formula is C29H29NO4. The second kappa shape index (κ2) is 10.4. The topological polar surface area (TPSA) is 64.6 Å². The summed E-state index contributed by atoms with van der Waals surface area (Å²) in [5.74, 6) is 1.11. The fourth-order valence-corrected chi connectivity index (χ4v) is 4.31. The number of fused-ring (bicyclic) bond motifs is 2. The Morgan fingerprint density at radius 2 is 1.62 bits per heavy atom. The summed E-state index contributed by atoms with van der Waals surface area (Å²) in [6.07, 6.45) is 3.35. The SMILES string of the molecule is CCOC(=O)/C=C/c1cccc(C(C)C)c1NC(=O)CC1c2ccccc2Oc2ccccc21. The van der Waals surface area contributed by atoms with Gasteiger partial charge in [0.05, 0.1) is 12.3 Å². The molecule has 0 atom stereocenters.